The van der Waals surface area contributed by atoms with Crippen molar-refractivity contribution in [1.29, 1.82) is 0 Å². The average Bonchev–Trinajstić information content (AvgIpc) is 3.46. The normalized spacial score (nSPS) is 31.8. The Hall–Kier alpha value is -1.40. The van der Waals surface area contributed by atoms with Gasteiger partial charge in [-0.3, -0.25) is 4.90 Å². The summed E-state index contributed by atoms with van der Waals surface area (Å²) in [4.78, 5) is 11.6. The van der Waals surface area contributed by atoms with E-state index in [2.05, 4.69) is 20.2 Å². The smallest absolute Gasteiger partial charge is 0.223 e. The lowest BCUT2D eigenvalue weighted by Gasteiger charge is -2.39. The molecule has 3 saturated heterocycles. The second kappa shape index (κ2) is 7.55. The summed E-state index contributed by atoms with van der Waals surface area (Å²) in [6, 6.07) is 1.42. The Kier molecular flexibility index (Phi) is 4.94. The molecule has 6 nitrogen and oxygen atoms in total. The van der Waals surface area contributed by atoms with E-state index in [1.807, 2.05) is 6.92 Å². The van der Waals surface area contributed by atoms with Crippen molar-refractivity contribution in [1.82, 2.24) is 20.2 Å². The van der Waals surface area contributed by atoms with Crippen LogP contribution in [0.1, 0.15) is 56.9 Å². The van der Waals surface area contributed by atoms with Gasteiger partial charge in [0.1, 0.15) is 18.5 Å². The SMILES string of the molecule is Cc1c(OC2CCNCC2)ncnc1O[C@@H]1C[C@H]2CC[C@@H](C1)N2CC1CC1. The third-order valence-corrected chi connectivity index (χ3v) is 6.84. The van der Waals surface area contributed by atoms with Crippen molar-refractivity contribution in [2.75, 3.05) is 19.6 Å². The van der Waals surface area contributed by atoms with Crippen LogP contribution in [0.15, 0.2) is 6.33 Å². The number of aromatic nitrogens is 2. The first-order valence-corrected chi connectivity index (χ1v) is 10.9. The molecule has 2 bridgehead atoms. The van der Waals surface area contributed by atoms with Crippen molar-refractivity contribution in [2.45, 2.75) is 82.6 Å². The lowest BCUT2D eigenvalue weighted by Crippen LogP contribution is -2.47. The van der Waals surface area contributed by atoms with Gasteiger partial charge in [0.2, 0.25) is 11.8 Å². The van der Waals surface area contributed by atoms with Crippen LogP contribution in [0.3, 0.4) is 0 Å². The van der Waals surface area contributed by atoms with Crippen LogP contribution < -0.4 is 14.8 Å². The summed E-state index contributed by atoms with van der Waals surface area (Å²) in [5.74, 6) is 2.39. The summed E-state index contributed by atoms with van der Waals surface area (Å²) in [6.45, 7) is 5.38. The quantitative estimate of drug-likeness (QED) is 0.829. The fourth-order valence-electron chi connectivity index (χ4n) is 5.10. The van der Waals surface area contributed by atoms with Gasteiger partial charge in [-0.2, -0.15) is 0 Å². The summed E-state index contributed by atoms with van der Waals surface area (Å²) in [5.41, 5.74) is 0.948. The van der Waals surface area contributed by atoms with Crippen molar-refractivity contribution in [3.05, 3.63) is 11.9 Å². The number of hydrogen-bond acceptors (Lipinski definition) is 6. The van der Waals surface area contributed by atoms with Gasteiger partial charge in [-0.1, -0.05) is 0 Å². The molecule has 3 atom stereocenters. The van der Waals surface area contributed by atoms with Crippen LogP contribution in [0.2, 0.25) is 0 Å². The highest BCUT2D eigenvalue weighted by Gasteiger charge is 2.43. The Balaban J connectivity index is 1.22. The lowest BCUT2D eigenvalue weighted by atomic mass is 9.99. The summed E-state index contributed by atoms with van der Waals surface area (Å²) < 4.78 is 12.6. The Morgan fingerprint density at radius 1 is 0.926 bits per heavy atom. The highest BCUT2D eigenvalue weighted by atomic mass is 16.5. The molecule has 1 aromatic rings. The minimum atomic E-state index is 0.245. The van der Waals surface area contributed by atoms with Gasteiger partial charge < -0.3 is 14.8 Å². The predicted octanol–water partition coefficient (Wildman–Crippen LogP) is 2.70. The summed E-state index contributed by atoms with van der Waals surface area (Å²) in [6.07, 6.45) is 12.0. The van der Waals surface area contributed by atoms with Crippen molar-refractivity contribution < 1.29 is 9.47 Å². The van der Waals surface area contributed by atoms with Gasteiger partial charge in [0.25, 0.3) is 0 Å². The van der Waals surface area contributed by atoms with Crippen molar-refractivity contribution >= 4 is 0 Å². The molecule has 3 aliphatic heterocycles. The lowest BCUT2D eigenvalue weighted by molar-refractivity contribution is 0.0434. The Labute approximate surface area is 162 Å². The number of piperidine rings is 2. The molecule has 4 heterocycles. The Morgan fingerprint density at radius 3 is 2.19 bits per heavy atom. The minimum Gasteiger partial charge on any atom is -0.474 e. The number of nitrogens with one attached hydrogen (secondary N) is 1. The van der Waals surface area contributed by atoms with Crippen molar-refractivity contribution in [3.63, 3.8) is 0 Å². The number of ether oxygens (including phenoxy) is 2. The minimum absolute atomic E-state index is 0.245. The molecule has 148 valence electrons. The molecule has 1 aliphatic carbocycles. The zero-order valence-electron chi connectivity index (χ0n) is 16.4. The molecule has 4 fully saturated rings. The molecular weight excluding hydrogens is 340 g/mol. The molecule has 27 heavy (non-hydrogen) atoms. The van der Waals surface area contributed by atoms with Crippen LogP contribution in [-0.2, 0) is 0 Å². The second-order valence-electron chi connectivity index (χ2n) is 8.91. The maximum Gasteiger partial charge on any atom is 0.223 e. The maximum atomic E-state index is 6.40. The summed E-state index contributed by atoms with van der Waals surface area (Å²) >= 11 is 0. The Bertz CT molecular complexity index is 646. The van der Waals surface area contributed by atoms with Crippen LogP contribution in [0.4, 0.5) is 0 Å². The summed E-state index contributed by atoms with van der Waals surface area (Å²) in [5, 5.41) is 3.37. The van der Waals surface area contributed by atoms with Crippen LogP contribution in [0, 0.1) is 12.8 Å². The molecule has 5 rings (SSSR count). The third-order valence-electron chi connectivity index (χ3n) is 6.84. The van der Waals surface area contributed by atoms with E-state index in [1.165, 1.54) is 32.2 Å². The van der Waals surface area contributed by atoms with E-state index in [9.17, 15) is 0 Å². The van der Waals surface area contributed by atoms with E-state index in [4.69, 9.17) is 9.47 Å². The average molecular weight is 373 g/mol. The van der Waals surface area contributed by atoms with Gasteiger partial charge in [-0.15, -0.1) is 0 Å². The Morgan fingerprint density at radius 2 is 1.56 bits per heavy atom. The fraction of sp³-hybridized carbons (Fsp3) is 0.810. The molecule has 4 aliphatic rings. The first-order chi connectivity index (χ1) is 13.3. The van der Waals surface area contributed by atoms with Gasteiger partial charge >= 0.3 is 0 Å². The molecule has 0 spiro atoms. The zero-order valence-corrected chi connectivity index (χ0v) is 16.4. The standard InChI is InChI=1S/C21H32N4O2/c1-14-20(26-18-6-8-22-9-7-18)23-13-24-21(14)27-19-10-16-4-5-17(11-19)25(16)12-15-2-3-15/h13,15-19,22H,2-12H2,1H3/t16-,17+,19-. The van der Waals surface area contributed by atoms with Gasteiger partial charge in [0.05, 0.1) is 5.56 Å². The van der Waals surface area contributed by atoms with Gasteiger partial charge in [-0.25, -0.2) is 9.97 Å². The monoisotopic (exact) mass is 372 g/mol. The molecule has 0 radical (unpaired) electrons. The third kappa shape index (κ3) is 3.92. The number of fused-ring (bicyclic) bond motifs is 2. The highest BCUT2D eigenvalue weighted by molar-refractivity contribution is 5.33. The molecule has 0 amide bonds. The molecule has 1 aromatic heterocycles. The number of hydrogen-bond donors (Lipinski definition) is 1. The largest absolute Gasteiger partial charge is 0.474 e. The van der Waals surface area contributed by atoms with Gasteiger partial charge in [0, 0.05) is 18.6 Å². The van der Waals surface area contributed by atoms with Crippen LogP contribution in [-0.4, -0.2) is 58.8 Å². The highest BCUT2D eigenvalue weighted by Crippen LogP contribution is 2.41. The first kappa shape index (κ1) is 17.7. The van der Waals surface area contributed by atoms with Crippen LogP contribution in [0.25, 0.3) is 0 Å². The number of rotatable bonds is 6. The molecular formula is C21H32N4O2. The van der Waals surface area contributed by atoms with Gasteiger partial charge in [-0.05, 0) is 77.3 Å². The molecule has 0 aromatic carbocycles. The van der Waals surface area contributed by atoms with E-state index < -0.39 is 0 Å². The number of nitrogens with zero attached hydrogens (tertiary/aromatic N) is 3. The zero-order chi connectivity index (χ0) is 18.2. The van der Waals surface area contributed by atoms with E-state index in [0.29, 0.717) is 23.8 Å². The van der Waals surface area contributed by atoms with E-state index >= 15 is 0 Å². The summed E-state index contributed by atoms with van der Waals surface area (Å²) in [7, 11) is 0. The molecule has 1 N–H and O–H groups in total. The van der Waals surface area contributed by atoms with E-state index in [1.54, 1.807) is 6.33 Å². The molecule has 6 heteroatoms. The first-order valence-electron chi connectivity index (χ1n) is 10.9. The topological polar surface area (TPSA) is 59.5 Å². The van der Waals surface area contributed by atoms with Crippen molar-refractivity contribution in [2.24, 2.45) is 5.92 Å². The predicted molar refractivity (Wildman–Crippen MR) is 103 cm³/mol. The fourth-order valence-corrected chi connectivity index (χ4v) is 5.10. The van der Waals surface area contributed by atoms with E-state index in [0.717, 1.165) is 50.3 Å². The van der Waals surface area contributed by atoms with Crippen LogP contribution in [0.5, 0.6) is 11.8 Å². The second-order valence-corrected chi connectivity index (χ2v) is 8.91. The van der Waals surface area contributed by atoms with E-state index in [-0.39, 0.29) is 12.2 Å². The maximum absolute atomic E-state index is 6.40. The van der Waals surface area contributed by atoms with Crippen molar-refractivity contribution in [3.8, 4) is 11.8 Å². The van der Waals surface area contributed by atoms with Crippen LogP contribution >= 0.6 is 0 Å². The molecule has 1 saturated carbocycles. The van der Waals surface area contributed by atoms with Gasteiger partial charge in [0.15, 0.2) is 0 Å². The molecule has 0 unspecified atom stereocenters.